The molecule has 0 aliphatic rings. The van der Waals surface area contributed by atoms with E-state index >= 15 is 0 Å². The molecule has 1 aromatic carbocycles. The zero-order valence-corrected chi connectivity index (χ0v) is 15.8. The van der Waals surface area contributed by atoms with E-state index in [1.165, 1.54) is 12.1 Å². The Bertz CT molecular complexity index is 1060. The SMILES string of the molecule is C/C(=N/NC(=O)c1cc(C)nc2c1c(C)nn2C)c1ccc(OC(F)F)cc1. The molecule has 0 bridgehead atoms. The molecule has 2 heterocycles. The summed E-state index contributed by atoms with van der Waals surface area (Å²) < 4.78 is 30.4. The molecule has 146 valence electrons. The number of aromatic nitrogens is 3. The number of alkyl halides is 2. The molecule has 3 rings (SSSR count). The van der Waals surface area contributed by atoms with Crippen LogP contribution in [0.4, 0.5) is 8.78 Å². The van der Waals surface area contributed by atoms with Crippen LogP contribution in [-0.2, 0) is 7.05 Å². The van der Waals surface area contributed by atoms with E-state index in [1.54, 1.807) is 43.8 Å². The van der Waals surface area contributed by atoms with Crippen LogP contribution in [0.5, 0.6) is 5.75 Å². The van der Waals surface area contributed by atoms with Crippen LogP contribution >= 0.6 is 0 Å². The number of fused-ring (bicyclic) bond motifs is 1. The first-order chi connectivity index (χ1) is 13.3. The molecule has 0 saturated heterocycles. The van der Waals surface area contributed by atoms with Crippen LogP contribution in [0.15, 0.2) is 35.4 Å². The number of nitrogens with one attached hydrogen (secondary N) is 1. The van der Waals surface area contributed by atoms with Gasteiger partial charge in [-0.1, -0.05) is 0 Å². The summed E-state index contributed by atoms with van der Waals surface area (Å²) in [7, 11) is 1.77. The third kappa shape index (κ3) is 3.98. The Labute approximate surface area is 160 Å². The van der Waals surface area contributed by atoms with Crippen LogP contribution in [0.25, 0.3) is 11.0 Å². The van der Waals surface area contributed by atoms with E-state index < -0.39 is 6.61 Å². The maximum atomic E-state index is 12.7. The van der Waals surface area contributed by atoms with Crippen molar-refractivity contribution in [1.29, 1.82) is 0 Å². The van der Waals surface area contributed by atoms with E-state index in [0.29, 0.717) is 39.3 Å². The standard InChI is InChI=1S/C19H19F2N5O2/c1-10-9-15(16-12(3)25-26(4)17(16)22-10)18(27)24-23-11(2)13-5-7-14(8-6-13)28-19(20)21/h5-9,19H,1-4H3,(H,24,27)/b23-11-. The maximum Gasteiger partial charge on any atom is 0.387 e. The van der Waals surface area contributed by atoms with Gasteiger partial charge in [0.05, 0.1) is 22.4 Å². The largest absolute Gasteiger partial charge is 0.435 e. The number of pyridine rings is 1. The van der Waals surface area contributed by atoms with Gasteiger partial charge in [0, 0.05) is 12.7 Å². The summed E-state index contributed by atoms with van der Waals surface area (Å²) in [5, 5.41) is 9.11. The first-order valence-corrected chi connectivity index (χ1v) is 8.47. The lowest BCUT2D eigenvalue weighted by Gasteiger charge is -2.07. The molecule has 28 heavy (non-hydrogen) atoms. The van der Waals surface area contributed by atoms with Crippen molar-refractivity contribution in [3.8, 4) is 5.75 Å². The minimum Gasteiger partial charge on any atom is -0.435 e. The van der Waals surface area contributed by atoms with Gasteiger partial charge in [-0.15, -0.1) is 0 Å². The fourth-order valence-corrected chi connectivity index (χ4v) is 2.89. The highest BCUT2D eigenvalue weighted by atomic mass is 19.3. The van der Waals surface area contributed by atoms with Crippen LogP contribution in [0.2, 0.25) is 0 Å². The third-order valence-corrected chi connectivity index (χ3v) is 4.16. The summed E-state index contributed by atoms with van der Waals surface area (Å²) in [5.74, 6) is -0.333. The molecule has 0 spiro atoms. The van der Waals surface area contributed by atoms with E-state index in [9.17, 15) is 13.6 Å². The Morgan fingerprint density at radius 1 is 1.25 bits per heavy atom. The third-order valence-electron chi connectivity index (χ3n) is 4.16. The van der Waals surface area contributed by atoms with E-state index in [4.69, 9.17) is 0 Å². The Morgan fingerprint density at radius 2 is 1.93 bits per heavy atom. The summed E-state index contributed by atoms with van der Waals surface area (Å²) in [6.45, 7) is 2.44. The molecule has 1 amide bonds. The fourth-order valence-electron chi connectivity index (χ4n) is 2.89. The predicted molar refractivity (Wildman–Crippen MR) is 101 cm³/mol. The second-order valence-corrected chi connectivity index (χ2v) is 6.26. The number of carbonyl (C=O) groups is 1. The normalized spacial score (nSPS) is 11.9. The first-order valence-electron chi connectivity index (χ1n) is 8.47. The van der Waals surface area contributed by atoms with Crippen LogP contribution in [0.1, 0.15) is 34.2 Å². The van der Waals surface area contributed by atoms with E-state index in [1.807, 2.05) is 6.92 Å². The molecule has 0 atom stereocenters. The van der Waals surface area contributed by atoms with Crippen molar-refractivity contribution in [3.05, 3.63) is 52.8 Å². The summed E-state index contributed by atoms with van der Waals surface area (Å²) in [5.41, 5.74) is 6.16. The van der Waals surface area contributed by atoms with Gasteiger partial charge in [-0.25, -0.2) is 10.4 Å². The van der Waals surface area contributed by atoms with Crippen molar-refractivity contribution in [2.75, 3.05) is 0 Å². The van der Waals surface area contributed by atoms with Crippen molar-refractivity contribution < 1.29 is 18.3 Å². The highest BCUT2D eigenvalue weighted by Gasteiger charge is 2.17. The van der Waals surface area contributed by atoms with Crippen molar-refractivity contribution in [1.82, 2.24) is 20.2 Å². The molecule has 3 aromatic rings. The monoisotopic (exact) mass is 387 g/mol. The molecule has 0 aliphatic carbocycles. The van der Waals surface area contributed by atoms with Gasteiger partial charge in [0.2, 0.25) is 0 Å². The number of hydrogen-bond acceptors (Lipinski definition) is 5. The molecule has 0 aliphatic heterocycles. The van der Waals surface area contributed by atoms with Crippen molar-refractivity contribution in [2.45, 2.75) is 27.4 Å². The Morgan fingerprint density at radius 3 is 2.57 bits per heavy atom. The number of hydrazone groups is 1. The molecule has 2 aromatic heterocycles. The van der Waals surface area contributed by atoms with Crippen LogP contribution in [-0.4, -0.2) is 33.0 Å². The Balaban J connectivity index is 1.82. The first kappa shape index (κ1) is 19.4. The number of aryl methyl sites for hydroxylation is 3. The smallest absolute Gasteiger partial charge is 0.387 e. The van der Waals surface area contributed by atoms with Crippen LogP contribution in [0, 0.1) is 13.8 Å². The van der Waals surface area contributed by atoms with Gasteiger partial charge in [-0.2, -0.15) is 19.0 Å². The molecule has 0 fully saturated rings. The average molecular weight is 387 g/mol. The second-order valence-electron chi connectivity index (χ2n) is 6.26. The minimum absolute atomic E-state index is 0.0530. The van der Waals surface area contributed by atoms with Gasteiger partial charge in [0.1, 0.15) is 5.75 Å². The summed E-state index contributed by atoms with van der Waals surface area (Å²) in [4.78, 5) is 17.1. The topological polar surface area (TPSA) is 81.4 Å². The molecular weight excluding hydrogens is 368 g/mol. The lowest BCUT2D eigenvalue weighted by atomic mass is 10.1. The zero-order chi connectivity index (χ0) is 20.4. The number of nitrogens with zero attached hydrogens (tertiary/aromatic N) is 4. The molecule has 9 heteroatoms. The lowest BCUT2D eigenvalue weighted by molar-refractivity contribution is -0.0498. The number of amides is 1. The van der Waals surface area contributed by atoms with Gasteiger partial charge >= 0.3 is 6.61 Å². The molecule has 7 nitrogen and oxygen atoms in total. The van der Waals surface area contributed by atoms with Gasteiger partial charge in [-0.3, -0.25) is 9.48 Å². The highest BCUT2D eigenvalue weighted by Crippen LogP contribution is 2.21. The molecule has 0 radical (unpaired) electrons. The average Bonchev–Trinajstić information content (AvgIpc) is 2.92. The molecule has 0 saturated carbocycles. The van der Waals surface area contributed by atoms with E-state index in [-0.39, 0.29) is 11.7 Å². The minimum atomic E-state index is -2.88. The van der Waals surface area contributed by atoms with Gasteiger partial charge < -0.3 is 4.74 Å². The van der Waals surface area contributed by atoms with Gasteiger partial charge in [0.25, 0.3) is 5.91 Å². The summed E-state index contributed by atoms with van der Waals surface area (Å²) in [6, 6.07) is 7.69. The number of halogens is 2. The second kappa shape index (κ2) is 7.71. The fraction of sp³-hybridized carbons (Fsp3) is 0.263. The van der Waals surface area contributed by atoms with Crippen molar-refractivity contribution in [2.24, 2.45) is 12.1 Å². The Hall–Kier alpha value is -3.36. The molecule has 1 N–H and O–H groups in total. The van der Waals surface area contributed by atoms with Crippen LogP contribution in [0.3, 0.4) is 0 Å². The lowest BCUT2D eigenvalue weighted by Crippen LogP contribution is -2.20. The number of hydrogen-bond donors (Lipinski definition) is 1. The number of benzene rings is 1. The van der Waals surface area contributed by atoms with E-state index in [0.717, 1.165) is 0 Å². The quantitative estimate of drug-likeness (QED) is 0.538. The highest BCUT2D eigenvalue weighted by molar-refractivity contribution is 6.07. The van der Waals surface area contributed by atoms with Gasteiger partial charge in [0.15, 0.2) is 5.65 Å². The number of carbonyl (C=O) groups excluding carboxylic acids is 1. The Kier molecular flexibility index (Phi) is 5.34. The maximum absolute atomic E-state index is 12.7. The van der Waals surface area contributed by atoms with Crippen LogP contribution < -0.4 is 10.2 Å². The number of ether oxygens (including phenoxy) is 1. The number of rotatable bonds is 5. The van der Waals surface area contributed by atoms with Gasteiger partial charge in [-0.05, 0) is 56.7 Å². The summed E-state index contributed by atoms with van der Waals surface area (Å²) in [6.07, 6.45) is 0. The summed E-state index contributed by atoms with van der Waals surface area (Å²) >= 11 is 0. The van der Waals surface area contributed by atoms with E-state index in [2.05, 4.69) is 25.3 Å². The van der Waals surface area contributed by atoms with Crippen molar-refractivity contribution in [3.63, 3.8) is 0 Å². The molecule has 0 unspecified atom stereocenters. The van der Waals surface area contributed by atoms with Crippen molar-refractivity contribution >= 4 is 22.7 Å². The molecular formula is C19H19F2N5O2. The zero-order valence-electron chi connectivity index (χ0n) is 15.8. The predicted octanol–water partition coefficient (Wildman–Crippen LogP) is 3.34.